The third kappa shape index (κ3) is 4.17. The first-order chi connectivity index (χ1) is 13.5. The van der Waals surface area contributed by atoms with Crippen LogP contribution in [0.25, 0.3) is 0 Å². The fraction of sp³-hybridized carbons (Fsp3) is 0.273. The van der Waals surface area contributed by atoms with Crippen molar-refractivity contribution >= 4 is 23.0 Å². The molecule has 28 heavy (non-hydrogen) atoms. The van der Waals surface area contributed by atoms with Crippen molar-refractivity contribution in [3.63, 3.8) is 0 Å². The van der Waals surface area contributed by atoms with Gasteiger partial charge in [-0.3, -0.25) is 0 Å². The Labute approximate surface area is 164 Å². The van der Waals surface area contributed by atoms with Crippen LogP contribution in [0.1, 0.15) is 26.3 Å². The van der Waals surface area contributed by atoms with E-state index in [0.29, 0.717) is 19.0 Å². The Bertz CT molecular complexity index is 965. The Morgan fingerprint density at radius 2 is 1.36 bits per heavy atom. The average Bonchev–Trinajstić information content (AvgIpc) is 2.68. The highest BCUT2D eigenvalue weighted by molar-refractivity contribution is 5.65. The summed E-state index contributed by atoms with van der Waals surface area (Å²) in [6, 6.07) is 16.0. The first kappa shape index (κ1) is 18.1. The van der Waals surface area contributed by atoms with Crippen molar-refractivity contribution in [1.29, 1.82) is 0 Å². The zero-order valence-corrected chi connectivity index (χ0v) is 16.3. The monoisotopic (exact) mass is 376 g/mol. The summed E-state index contributed by atoms with van der Waals surface area (Å²) in [7, 11) is 0. The maximum atomic E-state index is 5.63. The molecule has 4 rings (SSSR count). The fourth-order valence-corrected chi connectivity index (χ4v) is 2.96. The van der Waals surface area contributed by atoms with Gasteiger partial charge in [-0.1, -0.05) is 32.9 Å². The van der Waals surface area contributed by atoms with Crippen molar-refractivity contribution in [3.8, 4) is 11.5 Å². The lowest BCUT2D eigenvalue weighted by Gasteiger charge is -2.19. The molecule has 0 unspecified atom stereocenters. The molecule has 144 valence electrons. The van der Waals surface area contributed by atoms with E-state index in [9.17, 15) is 0 Å². The fourth-order valence-electron chi connectivity index (χ4n) is 2.96. The molecule has 1 aliphatic heterocycles. The summed E-state index contributed by atoms with van der Waals surface area (Å²) in [5.41, 5.74) is 3.29. The van der Waals surface area contributed by atoms with E-state index in [1.165, 1.54) is 11.9 Å². The molecule has 6 heteroatoms. The van der Waals surface area contributed by atoms with Gasteiger partial charge in [0, 0.05) is 23.5 Å². The van der Waals surface area contributed by atoms with Crippen LogP contribution in [0.3, 0.4) is 0 Å². The largest absolute Gasteiger partial charge is 0.486 e. The molecular formula is C22H24N4O2. The van der Waals surface area contributed by atoms with Crippen LogP contribution in [0.4, 0.5) is 23.0 Å². The minimum Gasteiger partial charge on any atom is -0.486 e. The average molecular weight is 376 g/mol. The summed E-state index contributed by atoms with van der Waals surface area (Å²) in [5, 5.41) is 6.61. The molecule has 2 N–H and O–H groups in total. The van der Waals surface area contributed by atoms with Crippen LogP contribution in [0.15, 0.2) is 54.9 Å². The van der Waals surface area contributed by atoms with E-state index in [1.807, 2.05) is 24.3 Å². The van der Waals surface area contributed by atoms with Crippen molar-refractivity contribution in [3.05, 3.63) is 60.4 Å². The standard InChI is InChI=1S/C22H24N4O2/c1-22(2,3)15-4-6-16(7-5-15)25-20-13-21(24-14-23-20)26-17-8-9-18-19(12-17)28-11-10-27-18/h4-9,12-14H,10-11H2,1-3H3,(H2,23,24,25,26). The van der Waals surface area contributed by atoms with E-state index in [-0.39, 0.29) is 5.41 Å². The predicted octanol–water partition coefficient (Wildman–Crippen LogP) is 5.03. The summed E-state index contributed by atoms with van der Waals surface area (Å²) < 4.78 is 11.2. The molecule has 0 aliphatic carbocycles. The molecule has 0 amide bonds. The van der Waals surface area contributed by atoms with Crippen LogP contribution < -0.4 is 20.1 Å². The highest BCUT2D eigenvalue weighted by atomic mass is 16.6. The maximum Gasteiger partial charge on any atom is 0.163 e. The Morgan fingerprint density at radius 1 is 0.750 bits per heavy atom. The lowest BCUT2D eigenvalue weighted by Crippen LogP contribution is -2.15. The van der Waals surface area contributed by atoms with Gasteiger partial charge in [-0.2, -0.15) is 0 Å². The van der Waals surface area contributed by atoms with Gasteiger partial charge in [-0.15, -0.1) is 0 Å². The van der Waals surface area contributed by atoms with Crippen molar-refractivity contribution in [2.45, 2.75) is 26.2 Å². The summed E-state index contributed by atoms with van der Waals surface area (Å²) in [4.78, 5) is 8.61. The zero-order chi connectivity index (χ0) is 19.6. The molecule has 0 fully saturated rings. The van der Waals surface area contributed by atoms with Gasteiger partial charge < -0.3 is 20.1 Å². The van der Waals surface area contributed by atoms with Gasteiger partial charge in [0.2, 0.25) is 0 Å². The molecule has 2 heterocycles. The van der Waals surface area contributed by atoms with Gasteiger partial charge in [0.15, 0.2) is 11.5 Å². The molecule has 2 aromatic carbocycles. The van der Waals surface area contributed by atoms with E-state index >= 15 is 0 Å². The van der Waals surface area contributed by atoms with E-state index in [2.05, 4.69) is 65.6 Å². The van der Waals surface area contributed by atoms with Gasteiger partial charge in [0.25, 0.3) is 0 Å². The number of anilines is 4. The molecule has 0 saturated heterocycles. The third-order valence-corrected chi connectivity index (χ3v) is 4.50. The Hall–Kier alpha value is -3.28. The molecule has 1 aliphatic rings. The maximum absolute atomic E-state index is 5.63. The Balaban J connectivity index is 1.47. The lowest BCUT2D eigenvalue weighted by atomic mass is 9.87. The smallest absolute Gasteiger partial charge is 0.163 e. The Kier molecular flexibility index (Phi) is 4.77. The van der Waals surface area contributed by atoms with Gasteiger partial charge >= 0.3 is 0 Å². The van der Waals surface area contributed by atoms with Crippen molar-refractivity contribution in [1.82, 2.24) is 9.97 Å². The number of hydrogen-bond donors (Lipinski definition) is 2. The van der Waals surface area contributed by atoms with E-state index < -0.39 is 0 Å². The van der Waals surface area contributed by atoms with Crippen LogP contribution >= 0.6 is 0 Å². The molecule has 0 atom stereocenters. The normalized spacial score (nSPS) is 13.1. The number of fused-ring (bicyclic) bond motifs is 1. The minimum atomic E-state index is 0.133. The molecule has 0 radical (unpaired) electrons. The van der Waals surface area contributed by atoms with Crippen molar-refractivity contribution in [2.24, 2.45) is 0 Å². The summed E-state index contributed by atoms with van der Waals surface area (Å²) >= 11 is 0. The highest BCUT2D eigenvalue weighted by Crippen LogP contribution is 2.33. The molecule has 1 aromatic heterocycles. The van der Waals surface area contributed by atoms with Crippen molar-refractivity contribution in [2.75, 3.05) is 23.8 Å². The van der Waals surface area contributed by atoms with Crippen molar-refractivity contribution < 1.29 is 9.47 Å². The van der Waals surface area contributed by atoms with Crippen LogP contribution in [-0.2, 0) is 5.41 Å². The van der Waals surface area contributed by atoms with Gasteiger partial charge in [0.1, 0.15) is 31.2 Å². The molecule has 3 aromatic rings. The number of nitrogens with zero attached hydrogens (tertiary/aromatic N) is 2. The third-order valence-electron chi connectivity index (χ3n) is 4.50. The summed E-state index contributed by atoms with van der Waals surface area (Å²) in [5.74, 6) is 2.92. The number of hydrogen-bond acceptors (Lipinski definition) is 6. The van der Waals surface area contributed by atoms with Gasteiger partial charge in [-0.05, 0) is 35.2 Å². The second-order valence-electron chi connectivity index (χ2n) is 7.72. The van der Waals surface area contributed by atoms with E-state index in [1.54, 1.807) is 0 Å². The second-order valence-corrected chi connectivity index (χ2v) is 7.72. The van der Waals surface area contributed by atoms with Gasteiger partial charge in [0.05, 0.1) is 0 Å². The molecule has 0 saturated carbocycles. The number of ether oxygens (including phenoxy) is 2. The molecular weight excluding hydrogens is 352 g/mol. The first-order valence-corrected chi connectivity index (χ1v) is 9.34. The quantitative estimate of drug-likeness (QED) is 0.665. The lowest BCUT2D eigenvalue weighted by molar-refractivity contribution is 0.171. The van der Waals surface area contributed by atoms with Gasteiger partial charge in [-0.25, -0.2) is 9.97 Å². The van der Waals surface area contributed by atoms with Crippen LogP contribution in [0, 0.1) is 0 Å². The van der Waals surface area contributed by atoms with E-state index in [4.69, 9.17) is 9.47 Å². The van der Waals surface area contributed by atoms with E-state index in [0.717, 1.165) is 28.7 Å². The van der Waals surface area contributed by atoms with Crippen LogP contribution in [0.5, 0.6) is 11.5 Å². The van der Waals surface area contributed by atoms with Crippen LogP contribution in [0.2, 0.25) is 0 Å². The zero-order valence-electron chi connectivity index (χ0n) is 16.3. The molecule has 0 spiro atoms. The van der Waals surface area contributed by atoms with Crippen LogP contribution in [-0.4, -0.2) is 23.2 Å². The summed E-state index contributed by atoms with van der Waals surface area (Å²) in [6.07, 6.45) is 1.53. The summed E-state index contributed by atoms with van der Waals surface area (Å²) in [6.45, 7) is 7.75. The topological polar surface area (TPSA) is 68.3 Å². The number of benzene rings is 2. The number of rotatable bonds is 4. The number of aromatic nitrogens is 2. The molecule has 6 nitrogen and oxygen atoms in total. The molecule has 0 bridgehead atoms. The number of nitrogens with one attached hydrogen (secondary N) is 2. The Morgan fingerprint density at radius 3 is 2.04 bits per heavy atom. The second kappa shape index (κ2) is 7.38. The highest BCUT2D eigenvalue weighted by Gasteiger charge is 2.13. The minimum absolute atomic E-state index is 0.133. The SMILES string of the molecule is CC(C)(C)c1ccc(Nc2cc(Nc3ccc4c(c3)OCCO4)ncn2)cc1. The first-order valence-electron chi connectivity index (χ1n) is 9.34. The predicted molar refractivity (Wildman–Crippen MR) is 111 cm³/mol.